The Morgan fingerprint density at radius 1 is 1.11 bits per heavy atom. The fourth-order valence-corrected chi connectivity index (χ4v) is 3.39. The Labute approximate surface area is 118 Å². The molecule has 0 saturated heterocycles. The average Bonchev–Trinajstić information content (AvgIpc) is 2.52. The second-order valence-electron chi connectivity index (χ2n) is 5.05. The summed E-state index contributed by atoms with van der Waals surface area (Å²) in [6.07, 6.45) is 0.353. The average molecular weight is 339 g/mol. The SMILES string of the molecule is Fc1cc(C2CCCCC(Br)C2)ccc1C(F)(F)F. The van der Waals surface area contributed by atoms with Crippen molar-refractivity contribution in [3.63, 3.8) is 0 Å². The van der Waals surface area contributed by atoms with Gasteiger partial charge < -0.3 is 0 Å². The van der Waals surface area contributed by atoms with Crippen molar-refractivity contribution in [1.29, 1.82) is 0 Å². The molecule has 0 nitrogen and oxygen atoms in total. The monoisotopic (exact) mass is 338 g/mol. The van der Waals surface area contributed by atoms with Crippen molar-refractivity contribution in [1.82, 2.24) is 0 Å². The molecule has 1 saturated carbocycles. The van der Waals surface area contributed by atoms with E-state index < -0.39 is 17.6 Å². The first-order valence-corrected chi connectivity index (χ1v) is 7.30. The van der Waals surface area contributed by atoms with E-state index in [4.69, 9.17) is 0 Å². The molecule has 2 rings (SSSR count). The van der Waals surface area contributed by atoms with E-state index in [0.717, 1.165) is 44.2 Å². The summed E-state index contributed by atoms with van der Waals surface area (Å²) in [4.78, 5) is 0.366. The summed E-state index contributed by atoms with van der Waals surface area (Å²) in [5.74, 6) is -1.02. The van der Waals surface area contributed by atoms with Gasteiger partial charge in [0.2, 0.25) is 0 Å². The van der Waals surface area contributed by atoms with Gasteiger partial charge in [0.05, 0.1) is 5.56 Å². The third-order valence-electron chi connectivity index (χ3n) is 3.63. The smallest absolute Gasteiger partial charge is 0.206 e. The molecule has 0 radical (unpaired) electrons. The normalized spacial score (nSPS) is 25.1. The molecule has 0 spiro atoms. The van der Waals surface area contributed by atoms with Crippen molar-refractivity contribution in [2.45, 2.75) is 49.0 Å². The van der Waals surface area contributed by atoms with Crippen LogP contribution in [-0.2, 0) is 6.18 Å². The van der Waals surface area contributed by atoms with Crippen LogP contribution in [0.2, 0.25) is 0 Å². The van der Waals surface area contributed by atoms with E-state index in [0.29, 0.717) is 10.4 Å². The van der Waals surface area contributed by atoms with Gasteiger partial charge in [-0.25, -0.2) is 4.39 Å². The van der Waals surface area contributed by atoms with Crippen molar-refractivity contribution in [3.05, 3.63) is 35.1 Å². The molecule has 1 aliphatic rings. The van der Waals surface area contributed by atoms with Crippen LogP contribution in [0.3, 0.4) is 0 Å². The Morgan fingerprint density at radius 3 is 2.42 bits per heavy atom. The van der Waals surface area contributed by atoms with Crippen LogP contribution >= 0.6 is 15.9 Å². The molecule has 1 aromatic rings. The maximum Gasteiger partial charge on any atom is 0.419 e. The lowest BCUT2D eigenvalue weighted by Gasteiger charge is -2.18. The zero-order chi connectivity index (χ0) is 14.0. The van der Waals surface area contributed by atoms with Crippen LogP contribution < -0.4 is 0 Å². The number of hydrogen-bond donors (Lipinski definition) is 0. The maximum atomic E-state index is 13.6. The molecule has 0 aromatic heterocycles. The fourth-order valence-electron chi connectivity index (χ4n) is 2.62. The van der Waals surface area contributed by atoms with Crippen molar-refractivity contribution < 1.29 is 17.6 Å². The summed E-state index contributed by atoms with van der Waals surface area (Å²) in [6.45, 7) is 0. The molecule has 106 valence electrons. The minimum absolute atomic E-state index is 0.142. The topological polar surface area (TPSA) is 0 Å². The predicted octanol–water partition coefficient (Wildman–Crippen LogP) is 5.66. The Hall–Kier alpha value is -0.580. The van der Waals surface area contributed by atoms with Gasteiger partial charge >= 0.3 is 6.18 Å². The van der Waals surface area contributed by atoms with Gasteiger partial charge in [-0.2, -0.15) is 13.2 Å². The molecule has 0 heterocycles. The molecular formula is C14H15BrF4. The van der Waals surface area contributed by atoms with Gasteiger partial charge in [-0.15, -0.1) is 0 Å². The Balaban J connectivity index is 2.24. The molecule has 1 fully saturated rings. The first kappa shape index (κ1) is 14.8. The highest BCUT2D eigenvalue weighted by Gasteiger charge is 2.34. The summed E-state index contributed by atoms with van der Waals surface area (Å²) >= 11 is 3.57. The van der Waals surface area contributed by atoms with E-state index in [1.807, 2.05) is 0 Å². The molecule has 0 aliphatic heterocycles. The van der Waals surface area contributed by atoms with Crippen molar-refractivity contribution in [3.8, 4) is 0 Å². The second-order valence-corrected chi connectivity index (χ2v) is 6.35. The largest absolute Gasteiger partial charge is 0.419 e. The number of hydrogen-bond acceptors (Lipinski definition) is 0. The zero-order valence-corrected chi connectivity index (χ0v) is 11.9. The second kappa shape index (κ2) is 5.81. The summed E-state index contributed by atoms with van der Waals surface area (Å²) in [6, 6.07) is 3.33. The van der Waals surface area contributed by atoms with Gasteiger partial charge in [-0.3, -0.25) is 0 Å². The van der Waals surface area contributed by atoms with Crippen LogP contribution in [0, 0.1) is 5.82 Å². The number of rotatable bonds is 1. The predicted molar refractivity (Wildman–Crippen MR) is 69.9 cm³/mol. The fraction of sp³-hybridized carbons (Fsp3) is 0.571. The summed E-state index contributed by atoms with van der Waals surface area (Å²) < 4.78 is 51.1. The summed E-state index contributed by atoms with van der Waals surface area (Å²) in [5.41, 5.74) is -0.503. The van der Waals surface area contributed by atoms with E-state index in [2.05, 4.69) is 15.9 Å². The first-order valence-electron chi connectivity index (χ1n) is 6.38. The van der Waals surface area contributed by atoms with Gasteiger partial charge in [-0.05, 0) is 42.9 Å². The van der Waals surface area contributed by atoms with Crippen LogP contribution in [-0.4, -0.2) is 4.83 Å². The van der Waals surface area contributed by atoms with E-state index in [1.54, 1.807) is 0 Å². The molecule has 1 aliphatic carbocycles. The van der Waals surface area contributed by atoms with Crippen LogP contribution in [0.25, 0.3) is 0 Å². The zero-order valence-electron chi connectivity index (χ0n) is 10.3. The Bertz CT molecular complexity index is 442. The molecule has 0 bridgehead atoms. The van der Waals surface area contributed by atoms with Gasteiger partial charge in [-0.1, -0.05) is 34.8 Å². The lowest BCUT2D eigenvalue weighted by molar-refractivity contribution is -0.140. The van der Waals surface area contributed by atoms with Gasteiger partial charge in [0.15, 0.2) is 0 Å². The Morgan fingerprint density at radius 2 is 1.79 bits per heavy atom. The van der Waals surface area contributed by atoms with E-state index in [-0.39, 0.29) is 5.92 Å². The molecular weight excluding hydrogens is 324 g/mol. The number of halogens is 5. The van der Waals surface area contributed by atoms with Gasteiger partial charge in [0.25, 0.3) is 0 Å². The van der Waals surface area contributed by atoms with E-state index >= 15 is 0 Å². The highest BCUT2D eigenvalue weighted by Crippen LogP contribution is 2.37. The molecule has 19 heavy (non-hydrogen) atoms. The van der Waals surface area contributed by atoms with Crippen molar-refractivity contribution >= 4 is 15.9 Å². The molecule has 2 atom stereocenters. The highest BCUT2D eigenvalue weighted by molar-refractivity contribution is 9.09. The number of alkyl halides is 4. The standard InChI is InChI=1S/C14H15BrF4/c15-11-4-2-1-3-9(7-11)10-5-6-12(13(16)8-10)14(17,18)19/h5-6,8-9,11H,1-4,7H2. The minimum atomic E-state index is -4.62. The summed E-state index contributed by atoms with van der Waals surface area (Å²) in [7, 11) is 0. The van der Waals surface area contributed by atoms with Crippen LogP contribution in [0.5, 0.6) is 0 Å². The molecule has 2 unspecified atom stereocenters. The van der Waals surface area contributed by atoms with Crippen LogP contribution in [0.4, 0.5) is 17.6 Å². The van der Waals surface area contributed by atoms with Crippen LogP contribution in [0.1, 0.15) is 49.1 Å². The van der Waals surface area contributed by atoms with Crippen LogP contribution in [0.15, 0.2) is 18.2 Å². The Kier molecular flexibility index (Phi) is 4.54. The molecule has 5 heteroatoms. The van der Waals surface area contributed by atoms with E-state index in [1.165, 1.54) is 6.07 Å². The van der Waals surface area contributed by atoms with Crippen molar-refractivity contribution in [2.75, 3.05) is 0 Å². The third kappa shape index (κ3) is 3.71. The molecule has 1 aromatic carbocycles. The lowest BCUT2D eigenvalue weighted by Crippen LogP contribution is -2.10. The summed E-state index contributed by atoms with van der Waals surface area (Å²) in [5, 5.41) is 0. The molecule has 0 amide bonds. The van der Waals surface area contributed by atoms with E-state index in [9.17, 15) is 17.6 Å². The molecule has 0 N–H and O–H groups in total. The highest BCUT2D eigenvalue weighted by atomic mass is 79.9. The lowest BCUT2D eigenvalue weighted by atomic mass is 9.91. The van der Waals surface area contributed by atoms with Gasteiger partial charge in [0.1, 0.15) is 5.82 Å². The number of benzene rings is 1. The quantitative estimate of drug-likeness (QED) is 0.352. The van der Waals surface area contributed by atoms with Gasteiger partial charge in [0, 0.05) is 4.83 Å². The van der Waals surface area contributed by atoms with Crippen molar-refractivity contribution in [2.24, 2.45) is 0 Å². The third-order valence-corrected chi connectivity index (χ3v) is 4.46. The minimum Gasteiger partial charge on any atom is -0.206 e. The first-order chi connectivity index (χ1) is 8.88. The maximum absolute atomic E-state index is 13.6.